The van der Waals surface area contributed by atoms with Crippen LogP contribution in [0.25, 0.3) is 0 Å². The summed E-state index contributed by atoms with van der Waals surface area (Å²) in [6.07, 6.45) is 7.48. The Labute approximate surface area is 155 Å². The first-order valence-corrected chi connectivity index (χ1v) is 10.9. The topological polar surface area (TPSA) is 51.2 Å². The second kappa shape index (κ2) is 5.94. The number of ketones is 2. The minimum atomic E-state index is -0.192. The highest BCUT2D eigenvalue weighted by atomic mass is 32.2. The molecule has 0 aromatic heterocycles. The summed E-state index contributed by atoms with van der Waals surface area (Å²) in [7, 11) is 0. The van der Waals surface area contributed by atoms with Crippen LogP contribution >= 0.6 is 11.8 Å². The fourth-order valence-electron chi connectivity index (χ4n) is 7.24. The van der Waals surface area contributed by atoms with Crippen molar-refractivity contribution in [2.75, 3.05) is 0 Å². The van der Waals surface area contributed by atoms with Crippen molar-refractivity contribution in [1.82, 2.24) is 0 Å². The summed E-state index contributed by atoms with van der Waals surface area (Å²) in [5, 5.41) is 0.445. The van der Waals surface area contributed by atoms with Gasteiger partial charge in [-0.25, -0.2) is 0 Å². The molecule has 4 aliphatic rings. The van der Waals surface area contributed by atoms with E-state index in [2.05, 4.69) is 13.8 Å². The third kappa shape index (κ3) is 2.42. The Balaban J connectivity index is 1.72. The van der Waals surface area contributed by atoms with Crippen molar-refractivity contribution in [1.29, 1.82) is 0 Å². The lowest BCUT2D eigenvalue weighted by Crippen LogP contribution is -2.59. The second-order valence-electron chi connectivity index (χ2n) is 9.41. The molecule has 0 N–H and O–H groups in total. The fourth-order valence-corrected chi connectivity index (χ4v) is 8.51. The highest BCUT2D eigenvalue weighted by Crippen LogP contribution is 2.66. The molecule has 0 aliphatic heterocycles. The van der Waals surface area contributed by atoms with Crippen LogP contribution in [0.15, 0.2) is 0 Å². The monoisotopic (exact) mass is 362 g/mol. The van der Waals surface area contributed by atoms with Crippen LogP contribution in [0.1, 0.15) is 72.1 Å². The van der Waals surface area contributed by atoms with Crippen LogP contribution in [0, 0.1) is 34.5 Å². The van der Waals surface area contributed by atoms with Crippen molar-refractivity contribution in [3.63, 3.8) is 0 Å². The van der Waals surface area contributed by atoms with Gasteiger partial charge in [0.2, 0.25) is 0 Å². The highest BCUT2D eigenvalue weighted by molar-refractivity contribution is 8.14. The normalized spacial score (nSPS) is 49.3. The number of carbonyl (C=O) groups is 3. The summed E-state index contributed by atoms with van der Waals surface area (Å²) in [5.74, 6) is 2.20. The molecule has 138 valence electrons. The molecule has 4 aliphatic carbocycles. The van der Waals surface area contributed by atoms with Crippen molar-refractivity contribution in [2.45, 2.75) is 77.4 Å². The Kier molecular flexibility index (Phi) is 4.22. The third-order valence-electron chi connectivity index (χ3n) is 8.48. The van der Waals surface area contributed by atoms with Crippen LogP contribution in [-0.2, 0) is 14.4 Å². The van der Waals surface area contributed by atoms with Gasteiger partial charge >= 0.3 is 0 Å². The van der Waals surface area contributed by atoms with Crippen molar-refractivity contribution in [3.05, 3.63) is 0 Å². The van der Waals surface area contributed by atoms with E-state index in [1.165, 1.54) is 11.8 Å². The molecule has 4 saturated carbocycles. The average molecular weight is 363 g/mol. The number of hydrogen-bond acceptors (Lipinski definition) is 4. The van der Waals surface area contributed by atoms with E-state index in [1.54, 1.807) is 6.92 Å². The van der Waals surface area contributed by atoms with Crippen molar-refractivity contribution < 1.29 is 14.4 Å². The zero-order chi connectivity index (χ0) is 18.0. The van der Waals surface area contributed by atoms with E-state index in [0.717, 1.165) is 38.5 Å². The van der Waals surface area contributed by atoms with Gasteiger partial charge in [-0.3, -0.25) is 14.4 Å². The predicted molar refractivity (Wildman–Crippen MR) is 99.2 cm³/mol. The van der Waals surface area contributed by atoms with E-state index in [4.69, 9.17) is 0 Å². The van der Waals surface area contributed by atoms with E-state index < -0.39 is 0 Å². The minimum Gasteiger partial charge on any atom is -0.299 e. The molecule has 0 heterocycles. The molecule has 0 amide bonds. The summed E-state index contributed by atoms with van der Waals surface area (Å²) >= 11 is 1.48. The van der Waals surface area contributed by atoms with Gasteiger partial charge in [-0.05, 0) is 55.3 Å². The largest absolute Gasteiger partial charge is 0.299 e. The van der Waals surface area contributed by atoms with Gasteiger partial charge in [-0.15, -0.1) is 0 Å². The first kappa shape index (κ1) is 17.8. The molecule has 0 bridgehead atoms. The maximum atomic E-state index is 13.1. The molecule has 0 aromatic rings. The molecule has 4 rings (SSSR count). The summed E-state index contributed by atoms with van der Waals surface area (Å²) in [5.41, 5.74) is -0.260. The SMILES string of the molecule is CC(=O)SC1CCCC2C(=O)C[C@@H]3[C@H](CC[C@]4(C)C(=O)CC[C@@H]34)[C@@]12C. The van der Waals surface area contributed by atoms with E-state index in [0.29, 0.717) is 42.2 Å². The molecule has 3 nitrogen and oxygen atoms in total. The molecular weight excluding hydrogens is 332 g/mol. The molecular formula is C21H30O3S. The summed E-state index contributed by atoms with van der Waals surface area (Å²) in [6.45, 7) is 6.13. The van der Waals surface area contributed by atoms with E-state index in [1.807, 2.05) is 0 Å². The fraction of sp³-hybridized carbons (Fsp3) is 0.857. The van der Waals surface area contributed by atoms with Crippen LogP contribution in [-0.4, -0.2) is 21.9 Å². The lowest BCUT2D eigenvalue weighted by molar-refractivity contribution is -0.154. The average Bonchev–Trinajstić information content (AvgIpc) is 2.84. The Morgan fingerprint density at radius 1 is 1.08 bits per heavy atom. The number of carbonyl (C=O) groups excluding carboxylic acids is 3. The molecule has 0 aromatic carbocycles. The molecule has 7 atom stereocenters. The lowest BCUT2D eigenvalue weighted by atomic mass is 9.45. The Bertz CT molecular complexity index is 629. The van der Waals surface area contributed by atoms with Crippen LogP contribution in [0.3, 0.4) is 0 Å². The van der Waals surface area contributed by atoms with Gasteiger partial charge in [-0.2, -0.15) is 0 Å². The maximum Gasteiger partial charge on any atom is 0.186 e. The highest BCUT2D eigenvalue weighted by Gasteiger charge is 2.63. The number of Topliss-reactive ketones (excluding diaryl/α,β-unsaturated/α-hetero) is 2. The molecule has 4 fully saturated rings. The van der Waals surface area contributed by atoms with Gasteiger partial charge in [-0.1, -0.05) is 32.0 Å². The van der Waals surface area contributed by atoms with Gasteiger partial charge < -0.3 is 0 Å². The van der Waals surface area contributed by atoms with Gasteiger partial charge in [0.15, 0.2) is 5.12 Å². The first-order chi connectivity index (χ1) is 11.8. The van der Waals surface area contributed by atoms with Crippen LogP contribution in [0.2, 0.25) is 0 Å². The maximum absolute atomic E-state index is 13.1. The molecule has 0 saturated heterocycles. The van der Waals surface area contributed by atoms with Crippen molar-refractivity contribution in [3.8, 4) is 0 Å². The van der Waals surface area contributed by atoms with E-state index in [9.17, 15) is 14.4 Å². The zero-order valence-electron chi connectivity index (χ0n) is 15.7. The standard InChI is InChI=1S/C21H30O3S/c1-12(22)25-19-6-4-5-16-17(23)11-13-14-7-8-18(24)20(14,2)10-9-15(13)21(16,19)3/h13-16,19H,4-11H2,1-3H3/t13-,14-,15-,16?,19?,20-,21+/m0/s1. The molecule has 4 heteroatoms. The minimum absolute atomic E-state index is 0.0679. The van der Waals surface area contributed by atoms with E-state index >= 15 is 0 Å². The van der Waals surface area contributed by atoms with E-state index in [-0.39, 0.29) is 27.1 Å². The third-order valence-corrected chi connectivity index (χ3v) is 9.84. The first-order valence-electron chi connectivity index (χ1n) is 10.0. The quantitative estimate of drug-likeness (QED) is 0.692. The Morgan fingerprint density at radius 3 is 2.56 bits per heavy atom. The van der Waals surface area contributed by atoms with Gasteiger partial charge in [0, 0.05) is 36.3 Å². The second-order valence-corrected chi connectivity index (χ2v) is 10.8. The van der Waals surface area contributed by atoms with Crippen molar-refractivity contribution in [2.24, 2.45) is 34.5 Å². The molecule has 0 radical (unpaired) electrons. The summed E-state index contributed by atoms with van der Waals surface area (Å²) < 4.78 is 0. The lowest BCUT2D eigenvalue weighted by Gasteiger charge is -2.60. The number of rotatable bonds is 1. The number of fused-ring (bicyclic) bond motifs is 5. The zero-order valence-corrected chi connectivity index (χ0v) is 16.5. The number of hydrogen-bond donors (Lipinski definition) is 0. The van der Waals surface area contributed by atoms with Crippen LogP contribution in [0.4, 0.5) is 0 Å². The number of thioether (sulfide) groups is 1. The van der Waals surface area contributed by atoms with Crippen molar-refractivity contribution >= 4 is 28.4 Å². The summed E-state index contributed by atoms with van der Waals surface area (Å²) in [4.78, 5) is 37.5. The predicted octanol–water partition coefficient (Wildman–Crippen LogP) is 4.43. The Morgan fingerprint density at radius 2 is 1.84 bits per heavy atom. The molecule has 0 spiro atoms. The smallest absolute Gasteiger partial charge is 0.186 e. The van der Waals surface area contributed by atoms with Gasteiger partial charge in [0.05, 0.1) is 0 Å². The summed E-state index contributed by atoms with van der Waals surface area (Å²) in [6, 6.07) is 0. The van der Waals surface area contributed by atoms with Gasteiger partial charge in [0.1, 0.15) is 11.6 Å². The van der Waals surface area contributed by atoms with Gasteiger partial charge in [0.25, 0.3) is 0 Å². The Hall–Kier alpha value is -0.640. The molecule has 2 unspecified atom stereocenters. The van der Waals surface area contributed by atoms with Crippen LogP contribution < -0.4 is 0 Å². The molecule has 25 heavy (non-hydrogen) atoms. The van der Waals surface area contributed by atoms with Crippen LogP contribution in [0.5, 0.6) is 0 Å².